The molecule has 0 spiro atoms. The van der Waals surface area contributed by atoms with Crippen LogP contribution in [-0.4, -0.2) is 50.0 Å². The van der Waals surface area contributed by atoms with Crippen molar-refractivity contribution in [3.8, 4) is 0 Å². The molecule has 0 radical (unpaired) electrons. The monoisotopic (exact) mass is 942 g/mol. The van der Waals surface area contributed by atoms with Crippen LogP contribution in [0.1, 0.15) is 109 Å². The number of hydrogen-bond acceptors (Lipinski definition) is 11. The van der Waals surface area contributed by atoms with Gasteiger partial charge in [0.25, 0.3) is 11.8 Å². The van der Waals surface area contributed by atoms with E-state index in [1.165, 1.54) is 22.3 Å². The number of pyridine rings is 2. The normalized spacial score (nSPS) is 17.4. The minimum absolute atomic E-state index is 0. The molecule has 2 aliphatic rings. The summed E-state index contributed by atoms with van der Waals surface area (Å²) in [5.41, 5.74) is 10.7. The van der Waals surface area contributed by atoms with Gasteiger partial charge in [-0.15, -0.1) is 0 Å². The number of carbonyl (C=O) groups excluding carboxylic acids is 3. The van der Waals surface area contributed by atoms with Crippen LogP contribution in [0.4, 0.5) is 11.4 Å². The van der Waals surface area contributed by atoms with Crippen LogP contribution in [0.2, 0.25) is 0 Å². The van der Waals surface area contributed by atoms with E-state index in [1.807, 2.05) is 62.4 Å². The summed E-state index contributed by atoms with van der Waals surface area (Å²) in [4.78, 5) is 44.6. The second-order valence-electron chi connectivity index (χ2n) is 15.3. The van der Waals surface area contributed by atoms with Gasteiger partial charge in [-0.05, 0) is 156 Å². The molecule has 3 atom stereocenters. The van der Waals surface area contributed by atoms with Crippen LogP contribution in [0.5, 0.6) is 0 Å². The fourth-order valence-electron chi connectivity index (χ4n) is 7.23. The van der Waals surface area contributed by atoms with Gasteiger partial charge in [-0.1, -0.05) is 35.4 Å². The smallest absolute Gasteiger partial charge is 0.393 e. The number of nitrogens with zero attached hydrogens (tertiary/aromatic N) is 2. The molecular formula is C45H52IN4NaO9. The van der Waals surface area contributed by atoms with Crippen molar-refractivity contribution in [2.24, 2.45) is 11.8 Å². The Morgan fingerprint density at radius 2 is 1.12 bits per heavy atom. The maximum absolute atomic E-state index is 12.5. The number of ketones is 1. The van der Waals surface area contributed by atoms with E-state index in [9.17, 15) is 24.6 Å². The third-order valence-electron chi connectivity index (χ3n) is 11.0. The zero-order valence-electron chi connectivity index (χ0n) is 35.2. The number of hydrogen-bond donors (Lipinski definition) is 4. The number of carbonyl (C=O) groups is 3. The molecule has 0 fully saturated rings. The summed E-state index contributed by atoms with van der Waals surface area (Å²) in [5.74, 6) is 0.140. The van der Waals surface area contributed by atoms with E-state index >= 15 is 0 Å². The Balaban J connectivity index is 0.000000284. The fraction of sp³-hybridized carbons (Fsp3) is 0.356. The molecule has 6 rings (SSSR count). The van der Waals surface area contributed by atoms with E-state index < -0.39 is 25.7 Å². The third kappa shape index (κ3) is 15.0. The van der Waals surface area contributed by atoms with Gasteiger partial charge >= 0.3 is 29.6 Å². The number of aliphatic hydroxyl groups is 2. The van der Waals surface area contributed by atoms with Gasteiger partial charge in [0, 0.05) is 53.2 Å². The SMILES string of the molecule is CC(=O)[C@@H]1CCC(C)=C(c2ccc(NC(=O)c3ccncc3C)cc2)C1.CC1=C(c2ccc(NC(=O)c3ccncc3C)cc2)C[C@H](C(C)(O)CO)CC1.[Na+].[O-][I+3]([O-])([O-])[O-]. The quantitative estimate of drug-likeness (QED) is 0.106. The van der Waals surface area contributed by atoms with Crippen LogP contribution in [0.25, 0.3) is 11.1 Å². The summed E-state index contributed by atoms with van der Waals surface area (Å²) in [6.07, 6.45) is 11.8. The van der Waals surface area contributed by atoms with E-state index in [2.05, 4.69) is 34.4 Å². The van der Waals surface area contributed by atoms with Crippen molar-refractivity contribution >= 4 is 40.1 Å². The van der Waals surface area contributed by atoms with E-state index in [0.717, 1.165) is 72.2 Å². The average molecular weight is 943 g/mol. The molecule has 60 heavy (non-hydrogen) atoms. The number of rotatable bonds is 9. The van der Waals surface area contributed by atoms with Crippen molar-refractivity contribution in [1.29, 1.82) is 0 Å². The van der Waals surface area contributed by atoms with E-state index in [0.29, 0.717) is 11.1 Å². The minimum Gasteiger partial charge on any atom is -0.393 e. The van der Waals surface area contributed by atoms with Crippen molar-refractivity contribution < 1.29 is 88.0 Å². The zero-order valence-corrected chi connectivity index (χ0v) is 39.4. The van der Waals surface area contributed by atoms with Gasteiger partial charge in [0.05, 0.1) is 12.2 Å². The van der Waals surface area contributed by atoms with Gasteiger partial charge in [0.1, 0.15) is 25.9 Å². The number of amides is 2. The van der Waals surface area contributed by atoms with Gasteiger partial charge in [0.15, 0.2) is 0 Å². The van der Waals surface area contributed by atoms with Gasteiger partial charge in [-0.3, -0.25) is 38.1 Å². The predicted octanol–water partition coefficient (Wildman–Crippen LogP) is -1.98. The van der Waals surface area contributed by atoms with Crippen molar-refractivity contribution in [2.45, 2.75) is 85.7 Å². The maximum Gasteiger partial charge on any atom is 1.00 e. The molecule has 0 bridgehead atoms. The molecule has 2 aliphatic carbocycles. The van der Waals surface area contributed by atoms with Gasteiger partial charge in [0.2, 0.25) is 0 Å². The number of aromatic nitrogens is 2. The number of anilines is 2. The summed E-state index contributed by atoms with van der Waals surface area (Å²) in [5, 5.41) is 25.8. The van der Waals surface area contributed by atoms with Crippen LogP contribution < -0.4 is 74.0 Å². The molecule has 2 aromatic heterocycles. The van der Waals surface area contributed by atoms with Crippen LogP contribution in [0, 0.1) is 25.7 Å². The largest absolute Gasteiger partial charge is 1.00 e. The molecule has 1 unspecified atom stereocenters. The molecule has 2 amide bonds. The van der Waals surface area contributed by atoms with E-state index in [1.54, 1.807) is 50.8 Å². The first-order valence-electron chi connectivity index (χ1n) is 19.2. The summed E-state index contributed by atoms with van der Waals surface area (Å²) in [7, 11) is 0. The van der Waals surface area contributed by atoms with Gasteiger partial charge in [-0.2, -0.15) is 0 Å². The summed E-state index contributed by atoms with van der Waals surface area (Å²) < 4.78 is 34.5. The van der Waals surface area contributed by atoms with Gasteiger partial charge < -0.3 is 20.8 Å². The van der Waals surface area contributed by atoms with Crippen molar-refractivity contribution in [3.63, 3.8) is 0 Å². The van der Waals surface area contributed by atoms with Crippen LogP contribution in [-0.2, 0) is 4.79 Å². The number of benzene rings is 2. The second kappa shape index (κ2) is 23.0. The first-order chi connectivity index (χ1) is 27.8. The molecule has 4 N–H and O–H groups in total. The number of allylic oxidation sites excluding steroid dienone is 4. The van der Waals surface area contributed by atoms with Crippen molar-refractivity contribution in [1.82, 2.24) is 9.97 Å². The summed E-state index contributed by atoms with van der Waals surface area (Å²) in [6, 6.07) is 19.1. The molecule has 0 saturated heterocycles. The first kappa shape index (κ1) is 50.7. The number of nitrogens with one attached hydrogen (secondary N) is 2. The summed E-state index contributed by atoms with van der Waals surface area (Å²) in [6.45, 7) is 11.2. The van der Waals surface area contributed by atoms with Gasteiger partial charge in [-0.25, -0.2) is 0 Å². The van der Waals surface area contributed by atoms with Crippen molar-refractivity contribution in [2.75, 3.05) is 17.2 Å². The molecule has 0 saturated carbocycles. The molecule has 2 heterocycles. The van der Waals surface area contributed by atoms with E-state index in [-0.39, 0.29) is 65.6 Å². The fourth-order valence-corrected chi connectivity index (χ4v) is 7.23. The molecule has 0 aliphatic heterocycles. The van der Waals surface area contributed by atoms with Crippen LogP contribution >= 0.6 is 0 Å². The predicted molar refractivity (Wildman–Crippen MR) is 215 cm³/mol. The number of halogens is 1. The number of aliphatic hydroxyl groups excluding tert-OH is 1. The summed E-state index contributed by atoms with van der Waals surface area (Å²) >= 11 is -5.94. The van der Waals surface area contributed by atoms with Crippen LogP contribution in [0.15, 0.2) is 96.6 Å². The Morgan fingerprint density at radius 3 is 1.50 bits per heavy atom. The molecule has 2 aromatic carbocycles. The van der Waals surface area contributed by atoms with Crippen LogP contribution in [0.3, 0.4) is 0 Å². The molecule has 314 valence electrons. The Hall–Kier alpha value is -3.68. The Kier molecular flexibility index (Phi) is 19.4. The topological polar surface area (TPSA) is 234 Å². The van der Waals surface area contributed by atoms with E-state index in [4.69, 9.17) is 13.7 Å². The second-order valence-corrected chi connectivity index (χ2v) is 17.5. The molecule has 13 nitrogen and oxygen atoms in total. The third-order valence-corrected chi connectivity index (χ3v) is 11.0. The number of Topliss-reactive ketones (excluding diaryl/α,β-unsaturated/α-hetero) is 1. The minimum atomic E-state index is -5.94. The zero-order chi connectivity index (χ0) is 43.5. The maximum atomic E-state index is 12.5. The molecule has 4 aromatic rings. The Morgan fingerprint density at radius 1 is 0.717 bits per heavy atom. The van der Waals surface area contributed by atoms with Crippen molar-refractivity contribution in [3.05, 3.63) is 130 Å². The standard InChI is InChI=1S/C23H28N2O3.C22H24N2O2.IO4.Na/c1-15-4-7-18(23(3,28)14-26)12-21(15)17-5-8-19(9-6-17)25-22(27)20-10-11-24-13-16(20)2;1-14-4-5-18(16(3)25)12-21(14)17-6-8-19(9-7-17)24-22(26)20-10-11-23-13-15(20)2;2-1(3,4)5;/h5-6,8-11,13,18,26,28H,4,7,12,14H2,1-3H3,(H,25,27);6-11,13,18H,4-5,12H2,1-3H3,(H,24,26);;/q;;-1;+1/t18-,23?;18-;;/m11../s1. The molecule has 15 heteroatoms. The Labute approximate surface area is 380 Å². The average Bonchev–Trinajstić information content (AvgIpc) is 3.19. The number of aryl methyl sites for hydroxylation is 2. The first-order valence-corrected chi connectivity index (χ1v) is 22.8. The molecular weight excluding hydrogens is 890 g/mol. The Bertz CT molecular complexity index is 2160.